The molecule has 1 aromatic heterocycles. The Morgan fingerprint density at radius 3 is 2.29 bits per heavy atom. The minimum atomic E-state index is -1.46. The van der Waals surface area contributed by atoms with Gasteiger partial charge in [0.05, 0.1) is 12.1 Å². The van der Waals surface area contributed by atoms with Crippen LogP contribution in [-0.2, 0) is 32.0 Å². The molecule has 1 heterocycles. The van der Waals surface area contributed by atoms with Crippen LogP contribution in [0.1, 0.15) is 18.1 Å². The maximum absolute atomic E-state index is 13.3. The number of hydrogen-bond donors (Lipinski definition) is 8. The summed E-state index contributed by atoms with van der Waals surface area (Å²) in [5, 5.41) is 36.4. The van der Waals surface area contributed by atoms with Crippen LogP contribution in [0.2, 0.25) is 0 Å². The second kappa shape index (κ2) is 12.7. The number of carboxylic acid groups (broad SMARTS) is 1. The number of aliphatic hydroxyl groups excluding tert-OH is 1. The minimum Gasteiger partial charge on any atom is -0.508 e. The molecular formula is C26H31N5O7. The van der Waals surface area contributed by atoms with Crippen LogP contribution in [0.15, 0.2) is 54.7 Å². The van der Waals surface area contributed by atoms with Gasteiger partial charge in [-0.3, -0.25) is 19.2 Å². The highest BCUT2D eigenvalue weighted by atomic mass is 16.4. The molecule has 38 heavy (non-hydrogen) atoms. The number of aliphatic hydroxyl groups is 1. The topological polar surface area (TPSA) is 207 Å². The number of fused-ring (bicyclic) bond motifs is 1. The lowest BCUT2D eigenvalue weighted by atomic mass is 10.0. The van der Waals surface area contributed by atoms with Gasteiger partial charge in [0.15, 0.2) is 0 Å². The van der Waals surface area contributed by atoms with Crippen molar-refractivity contribution in [2.45, 2.75) is 44.0 Å². The number of carbonyl (C=O) groups excluding carboxylic acids is 3. The number of phenols is 1. The van der Waals surface area contributed by atoms with Gasteiger partial charge in [0.25, 0.3) is 0 Å². The number of phenolic OH excluding ortho intramolecular Hbond substituents is 1. The van der Waals surface area contributed by atoms with Crippen molar-refractivity contribution in [2.24, 2.45) is 5.73 Å². The van der Waals surface area contributed by atoms with E-state index >= 15 is 0 Å². The van der Waals surface area contributed by atoms with E-state index in [4.69, 9.17) is 10.8 Å². The first kappa shape index (κ1) is 28.2. The van der Waals surface area contributed by atoms with E-state index in [1.165, 1.54) is 19.1 Å². The quantitative estimate of drug-likeness (QED) is 0.155. The smallest absolute Gasteiger partial charge is 0.322 e. The zero-order valence-corrected chi connectivity index (χ0v) is 20.7. The maximum atomic E-state index is 13.3. The van der Waals surface area contributed by atoms with E-state index < -0.39 is 54.5 Å². The summed E-state index contributed by atoms with van der Waals surface area (Å²) >= 11 is 0. The summed E-state index contributed by atoms with van der Waals surface area (Å²) < 4.78 is 0. The molecule has 2 aromatic carbocycles. The van der Waals surface area contributed by atoms with Crippen LogP contribution in [-0.4, -0.2) is 74.8 Å². The van der Waals surface area contributed by atoms with Crippen LogP contribution in [0, 0.1) is 0 Å². The number of aromatic hydroxyl groups is 1. The Morgan fingerprint density at radius 1 is 0.947 bits per heavy atom. The summed E-state index contributed by atoms with van der Waals surface area (Å²) in [4.78, 5) is 52.6. The van der Waals surface area contributed by atoms with E-state index in [1.54, 1.807) is 18.3 Å². The second-order valence-corrected chi connectivity index (χ2v) is 8.94. The molecule has 0 spiro atoms. The molecule has 0 aliphatic rings. The highest BCUT2D eigenvalue weighted by Crippen LogP contribution is 2.19. The van der Waals surface area contributed by atoms with Crippen molar-refractivity contribution in [1.82, 2.24) is 20.9 Å². The number of aromatic nitrogens is 1. The Labute approximate surface area is 218 Å². The van der Waals surface area contributed by atoms with Gasteiger partial charge < -0.3 is 42.0 Å². The summed E-state index contributed by atoms with van der Waals surface area (Å²) in [7, 11) is 0. The summed E-state index contributed by atoms with van der Waals surface area (Å²) in [6, 6.07) is 9.92. The SMILES string of the molecule is CC(O)C(NC(=O)C(Cc1c[nH]c2ccccc12)NC(=O)C(N)Cc1ccc(O)cc1)C(=O)NCC(=O)O. The predicted octanol–water partition coefficient (Wildman–Crippen LogP) is -0.463. The molecule has 3 rings (SSSR count). The molecule has 0 fully saturated rings. The monoisotopic (exact) mass is 525 g/mol. The zero-order valence-electron chi connectivity index (χ0n) is 20.7. The summed E-state index contributed by atoms with van der Waals surface area (Å²) in [5.41, 5.74) is 8.34. The summed E-state index contributed by atoms with van der Waals surface area (Å²) in [6.07, 6.45) is 0.533. The lowest BCUT2D eigenvalue weighted by Gasteiger charge is -2.25. The van der Waals surface area contributed by atoms with Crippen molar-refractivity contribution in [1.29, 1.82) is 0 Å². The molecule has 9 N–H and O–H groups in total. The van der Waals surface area contributed by atoms with E-state index in [0.717, 1.165) is 16.5 Å². The minimum absolute atomic E-state index is 0.0385. The van der Waals surface area contributed by atoms with Gasteiger partial charge in [0.1, 0.15) is 24.4 Å². The third kappa shape index (κ3) is 7.54. The highest BCUT2D eigenvalue weighted by Gasteiger charge is 2.31. The molecule has 202 valence electrons. The number of nitrogens with one attached hydrogen (secondary N) is 4. The van der Waals surface area contributed by atoms with Gasteiger partial charge >= 0.3 is 5.97 Å². The molecule has 0 aliphatic heterocycles. The number of H-pyrrole nitrogens is 1. The second-order valence-electron chi connectivity index (χ2n) is 8.94. The number of carbonyl (C=O) groups is 4. The first-order valence-corrected chi connectivity index (χ1v) is 11.9. The number of aromatic amines is 1. The van der Waals surface area contributed by atoms with Gasteiger partial charge in [-0.15, -0.1) is 0 Å². The molecule has 4 unspecified atom stereocenters. The molecule has 12 nitrogen and oxygen atoms in total. The largest absolute Gasteiger partial charge is 0.508 e. The molecule has 0 aliphatic carbocycles. The Kier molecular flexibility index (Phi) is 9.41. The van der Waals surface area contributed by atoms with Crippen LogP contribution in [0.5, 0.6) is 5.75 Å². The third-order valence-electron chi connectivity index (χ3n) is 5.94. The van der Waals surface area contributed by atoms with Crippen molar-refractivity contribution >= 4 is 34.6 Å². The fourth-order valence-corrected chi connectivity index (χ4v) is 3.92. The third-order valence-corrected chi connectivity index (χ3v) is 5.94. The van der Waals surface area contributed by atoms with Crippen LogP contribution < -0.4 is 21.7 Å². The van der Waals surface area contributed by atoms with Gasteiger partial charge in [-0.25, -0.2) is 0 Å². The van der Waals surface area contributed by atoms with E-state index in [9.17, 15) is 29.4 Å². The van der Waals surface area contributed by atoms with E-state index in [-0.39, 0.29) is 18.6 Å². The Bertz CT molecular complexity index is 1290. The molecule has 0 radical (unpaired) electrons. The number of carboxylic acids is 1. The van der Waals surface area contributed by atoms with Gasteiger partial charge in [0.2, 0.25) is 17.7 Å². The molecule has 0 saturated heterocycles. The van der Waals surface area contributed by atoms with Crippen LogP contribution in [0.25, 0.3) is 10.9 Å². The molecule has 3 aromatic rings. The lowest BCUT2D eigenvalue weighted by Crippen LogP contribution is -2.59. The van der Waals surface area contributed by atoms with Gasteiger partial charge in [-0.2, -0.15) is 0 Å². The van der Waals surface area contributed by atoms with Gasteiger partial charge in [-0.05, 0) is 42.7 Å². The summed E-state index contributed by atoms with van der Waals surface area (Å²) in [5.74, 6) is -3.50. The van der Waals surface area contributed by atoms with Crippen LogP contribution in [0.4, 0.5) is 0 Å². The number of para-hydroxylation sites is 1. The van der Waals surface area contributed by atoms with Gasteiger partial charge in [0, 0.05) is 23.5 Å². The Balaban J connectivity index is 1.80. The van der Waals surface area contributed by atoms with Crippen molar-refractivity contribution in [3.05, 3.63) is 65.9 Å². The van der Waals surface area contributed by atoms with Crippen LogP contribution >= 0.6 is 0 Å². The molecular weight excluding hydrogens is 494 g/mol. The number of hydrogen-bond acceptors (Lipinski definition) is 7. The average molecular weight is 526 g/mol. The molecule has 4 atom stereocenters. The van der Waals surface area contributed by atoms with E-state index in [1.807, 2.05) is 24.3 Å². The van der Waals surface area contributed by atoms with E-state index in [0.29, 0.717) is 5.56 Å². The van der Waals surface area contributed by atoms with Crippen molar-refractivity contribution in [2.75, 3.05) is 6.54 Å². The standard InChI is InChI=1S/C26H31N5O7/c1-14(32)23(26(38)29-13-22(34)35)31-25(37)21(11-16-12-28-20-5-3-2-4-18(16)20)30-24(36)19(27)10-15-6-8-17(33)9-7-15/h2-9,12,14,19,21,23,28,32-33H,10-11,13,27H2,1H3,(H,29,38)(H,30,36)(H,31,37)(H,34,35). The van der Waals surface area contributed by atoms with Crippen molar-refractivity contribution in [3.63, 3.8) is 0 Å². The van der Waals surface area contributed by atoms with E-state index in [2.05, 4.69) is 20.9 Å². The molecule has 0 bridgehead atoms. The molecule has 12 heteroatoms. The van der Waals surface area contributed by atoms with Crippen LogP contribution in [0.3, 0.4) is 0 Å². The van der Waals surface area contributed by atoms with Crippen molar-refractivity contribution in [3.8, 4) is 5.75 Å². The lowest BCUT2D eigenvalue weighted by molar-refractivity contribution is -0.139. The number of aliphatic carboxylic acids is 1. The maximum Gasteiger partial charge on any atom is 0.322 e. The number of nitrogens with two attached hydrogens (primary N) is 1. The molecule has 0 saturated carbocycles. The summed E-state index contributed by atoms with van der Waals surface area (Å²) in [6.45, 7) is 0.575. The first-order valence-electron chi connectivity index (χ1n) is 11.9. The molecule has 3 amide bonds. The zero-order chi connectivity index (χ0) is 27.8. The average Bonchev–Trinajstić information content (AvgIpc) is 3.29. The predicted molar refractivity (Wildman–Crippen MR) is 138 cm³/mol. The highest BCUT2D eigenvalue weighted by molar-refractivity contribution is 5.94. The number of rotatable bonds is 12. The fraction of sp³-hybridized carbons (Fsp3) is 0.308. The van der Waals surface area contributed by atoms with Gasteiger partial charge in [-0.1, -0.05) is 30.3 Å². The number of amides is 3. The van der Waals surface area contributed by atoms with Crippen molar-refractivity contribution < 1.29 is 34.5 Å². The Hall–Kier alpha value is -4.42. The normalized spacial score (nSPS) is 14.2. The fourth-order valence-electron chi connectivity index (χ4n) is 3.92. The Morgan fingerprint density at radius 2 is 1.63 bits per heavy atom. The number of benzene rings is 2. The first-order chi connectivity index (χ1) is 18.0.